The highest BCUT2D eigenvalue weighted by Gasteiger charge is 2.54. The maximum atomic E-state index is 15.1. The lowest BCUT2D eigenvalue weighted by atomic mass is 9.87. The first-order valence-electron chi connectivity index (χ1n) is 13.9. The largest absolute Gasteiger partial charge is 0.462 e. The number of ether oxygens (including phenoxy) is 1. The molecule has 2 heterocycles. The average molecular weight is 552 g/mol. The van der Waals surface area contributed by atoms with Gasteiger partial charge in [-0.25, -0.2) is 0 Å². The Morgan fingerprint density at radius 1 is 0.707 bits per heavy atom. The van der Waals surface area contributed by atoms with E-state index in [0.29, 0.717) is 17.8 Å². The van der Waals surface area contributed by atoms with Crippen molar-refractivity contribution >= 4 is 34.7 Å². The fourth-order valence-electron chi connectivity index (χ4n) is 5.89. The highest BCUT2D eigenvalue weighted by molar-refractivity contribution is 7.99. The van der Waals surface area contributed by atoms with Crippen molar-refractivity contribution in [2.24, 2.45) is 0 Å². The molecular formula is C37H29NO2S. The van der Waals surface area contributed by atoms with Gasteiger partial charge in [0.15, 0.2) is 0 Å². The standard InChI is InChI=1S/C37H29NO2S/c1-26-21-23-30(24-22-26)37-25-33(27-13-5-2-6-14-27)41-32-20-12-11-19-31(32)38(37)36(39)34(28-15-7-3-8-16-28)35(40-37)29-17-9-4-10-18-29/h2-24,33H,25H2,1H3/t33-,37-/m1/s1. The number of benzene rings is 5. The van der Waals surface area contributed by atoms with E-state index in [1.807, 2.05) is 83.8 Å². The number of para-hydroxylation sites is 1. The molecule has 0 N–H and O–H groups in total. The first-order chi connectivity index (χ1) is 20.1. The smallest absolute Gasteiger partial charge is 0.266 e. The summed E-state index contributed by atoms with van der Waals surface area (Å²) in [6.45, 7) is 2.08. The van der Waals surface area contributed by atoms with E-state index in [-0.39, 0.29) is 11.2 Å². The molecule has 1 amide bonds. The van der Waals surface area contributed by atoms with Crippen molar-refractivity contribution in [3.8, 4) is 0 Å². The third kappa shape index (κ3) is 4.45. The molecule has 0 bridgehead atoms. The normalized spacial score (nSPS) is 20.1. The predicted octanol–water partition coefficient (Wildman–Crippen LogP) is 9.02. The van der Waals surface area contributed by atoms with E-state index < -0.39 is 5.72 Å². The number of anilines is 1. The molecule has 7 rings (SSSR count). The topological polar surface area (TPSA) is 29.5 Å². The van der Waals surface area contributed by atoms with Crippen LogP contribution in [0.2, 0.25) is 0 Å². The fourth-order valence-corrected chi connectivity index (χ4v) is 7.24. The van der Waals surface area contributed by atoms with Crippen LogP contribution in [0.25, 0.3) is 11.3 Å². The third-order valence-electron chi connectivity index (χ3n) is 7.89. The Morgan fingerprint density at radius 3 is 1.98 bits per heavy atom. The molecule has 2 aliphatic rings. The average Bonchev–Trinajstić information content (AvgIpc) is 3.18. The summed E-state index contributed by atoms with van der Waals surface area (Å²) in [4.78, 5) is 18.1. The molecule has 41 heavy (non-hydrogen) atoms. The lowest BCUT2D eigenvalue weighted by molar-refractivity contribution is -0.120. The van der Waals surface area contributed by atoms with Crippen LogP contribution >= 0.6 is 11.8 Å². The summed E-state index contributed by atoms with van der Waals surface area (Å²) < 4.78 is 7.39. The van der Waals surface area contributed by atoms with Crippen molar-refractivity contribution in [1.82, 2.24) is 0 Å². The van der Waals surface area contributed by atoms with Crippen LogP contribution in [0.4, 0.5) is 5.69 Å². The zero-order valence-corrected chi connectivity index (χ0v) is 23.6. The minimum absolute atomic E-state index is 0.0479. The van der Waals surface area contributed by atoms with Crippen molar-refractivity contribution in [3.05, 3.63) is 167 Å². The Morgan fingerprint density at radius 2 is 1.29 bits per heavy atom. The summed E-state index contributed by atoms with van der Waals surface area (Å²) >= 11 is 1.80. The molecule has 0 unspecified atom stereocenters. The number of hydrogen-bond acceptors (Lipinski definition) is 3. The Bertz CT molecular complexity index is 1730. The second-order valence-electron chi connectivity index (χ2n) is 10.5. The van der Waals surface area contributed by atoms with Gasteiger partial charge < -0.3 is 4.74 Å². The van der Waals surface area contributed by atoms with Crippen LogP contribution in [0.15, 0.2) is 144 Å². The summed E-state index contributed by atoms with van der Waals surface area (Å²) in [6.07, 6.45) is 0.573. The van der Waals surface area contributed by atoms with Crippen molar-refractivity contribution in [1.29, 1.82) is 0 Å². The molecule has 3 nitrogen and oxygen atoms in total. The minimum Gasteiger partial charge on any atom is -0.462 e. The maximum absolute atomic E-state index is 15.1. The summed E-state index contributed by atoms with van der Waals surface area (Å²) in [7, 11) is 0. The van der Waals surface area contributed by atoms with Crippen LogP contribution < -0.4 is 4.90 Å². The summed E-state index contributed by atoms with van der Waals surface area (Å²) in [5.74, 6) is 0.540. The number of rotatable bonds is 4. The number of carbonyl (C=O) groups excluding carboxylic acids is 1. The van der Waals surface area contributed by atoms with Crippen molar-refractivity contribution in [2.45, 2.75) is 29.2 Å². The van der Waals surface area contributed by atoms with Gasteiger partial charge in [0.1, 0.15) is 5.76 Å². The lowest BCUT2D eigenvalue weighted by Gasteiger charge is -2.48. The highest BCUT2D eigenvalue weighted by atomic mass is 32.2. The molecule has 0 saturated heterocycles. The van der Waals surface area contributed by atoms with Crippen LogP contribution in [-0.2, 0) is 15.3 Å². The minimum atomic E-state index is -1.08. The monoisotopic (exact) mass is 551 g/mol. The predicted molar refractivity (Wildman–Crippen MR) is 167 cm³/mol. The van der Waals surface area contributed by atoms with Gasteiger partial charge >= 0.3 is 0 Å². The SMILES string of the molecule is Cc1ccc([C@]23C[C@H](c4ccccc4)Sc4ccccc4N2C(=O)C(c2ccccc2)=C(c2ccccc2)O3)cc1. The molecule has 5 aromatic rings. The summed E-state index contributed by atoms with van der Waals surface area (Å²) in [6, 6.07) is 47.2. The molecular weight excluding hydrogens is 522 g/mol. The van der Waals surface area contributed by atoms with E-state index in [1.54, 1.807) is 11.8 Å². The molecule has 0 spiro atoms. The van der Waals surface area contributed by atoms with Gasteiger partial charge in [-0.1, -0.05) is 133 Å². The van der Waals surface area contributed by atoms with Gasteiger partial charge in [-0.15, -0.1) is 11.8 Å². The zero-order chi connectivity index (χ0) is 27.8. The van der Waals surface area contributed by atoms with Gasteiger partial charge in [0.2, 0.25) is 5.72 Å². The van der Waals surface area contributed by atoms with E-state index in [4.69, 9.17) is 4.74 Å². The Labute approximate surface area is 245 Å². The number of fused-ring (bicyclic) bond motifs is 3. The molecule has 0 radical (unpaired) electrons. The molecule has 0 fully saturated rings. The van der Waals surface area contributed by atoms with Crippen LogP contribution in [-0.4, -0.2) is 5.91 Å². The Hall–Kier alpha value is -4.54. The number of amides is 1. The van der Waals surface area contributed by atoms with Gasteiger partial charge in [0.05, 0.1) is 11.3 Å². The first-order valence-corrected chi connectivity index (χ1v) is 14.8. The van der Waals surface area contributed by atoms with Crippen LogP contribution in [0.1, 0.15) is 39.5 Å². The van der Waals surface area contributed by atoms with E-state index >= 15 is 4.79 Å². The van der Waals surface area contributed by atoms with Crippen LogP contribution in [0.3, 0.4) is 0 Å². The number of aryl methyl sites for hydroxylation is 1. The van der Waals surface area contributed by atoms with E-state index in [1.165, 1.54) is 5.56 Å². The molecule has 0 saturated carbocycles. The number of carbonyl (C=O) groups is 1. The first kappa shape index (κ1) is 25.4. The van der Waals surface area contributed by atoms with Gasteiger partial charge in [0, 0.05) is 27.7 Å². The lowest BCUT2D eigenvalue weighted by Crippen LogP contribution is -2.55. The third-order valence-corrected chi connectivity index (χ3v) is 9.21. The van der Waals surface area contributed by atoms with E-state index in [9.17, 15) is 0 Å². The van der Waals surface area contributed by atoms with Gasteiger partial charge in [-0.05, 0) is 30.2 Å². The maximum Gasteiger partial charge on any atom is 0.266 e. The summed E-state index contributed by atoms with van der Waals surface area (Å²) in [5.41, 5.74) is 5.39. The number of thioether (sulfide) groups is 1. The van der Waals surface area contributed by atoms with Gasteiger partial charge in [-0.2, -0.15) is 0 Å². The molecule has 0 aromatic heterocycles. The Balaban J connectivity index is 1.55. The number of hydrogen-bond donors (Lipinski definition) is 0. The van der Waals surface area contributed by atoms with Gasteiger partial charge in [-0.3, -0.25) is 9.69 Å². The molecule has 4 heteroatoms. The zero-order valence-electron chi connectivity index (χ0n) is 22.7. The highest BCUT2D eigenvalue weighted by Crippen LogP contribution is 2.58. The fraction of sp³-hybridized carbons (Fsp3) is 0.108. The summed E-state index contributed by atoms with van der Waals surface area (Å²) in [5, 5.41) is 0.0479. The quantitative estimate of drug-likeness (QED) is 0.223. The van der Waals surface area contributed by atoms with E-state index in [2.05, 4.69) is 67.6 Å². The second kappa shape index (κ2) is 10.5. The molecule has 2 atom stereocenters. The van der Waals surface area contributed by atoms with Crippen LogP contribution in [0.5, 0.6) is 0 Å². The van der Waals surface area contributed by atoms with Crippen molar-refractivity contribution in [2.75, 3.05) is 4.90 Å². The molecule has 0 aliphatic carbocycles. The Kier molecular flexibility index (Phi) is 6.49. The van der Waals surface area contributed by atoms with Crippen molar-refractivity contribution in [3.63, 3.8) is 0 Å². The van der Waals surface area contributed by atoms with Gasteiger partial charge in [0.25, 0.3) is 5.91 Å². The number of nitrogens with zero attached hydrogens (tertiary/aromatic N) is 1. The molecule has 200 valence electrons. The molecule has 2 aliphatic heterocycles. The molecule has 5 aromatic carbocycles. The second-order valence-corrected chi connectivity index (χ2v) is 11.8. The van der Waals surface area contributed by atoms with Crippen LogP contribution in [0, 0.1) is 6.92 Å². The van der Waals surface area contributed by atoms with E-state index in [0.717, 1.165) is 32.8 Å². The van der Waals surface area contributed by atoms with Crippen molar-refractivity contribution < 1.29 is 9.53 Å².